The summed E-state index contributed by atoms with van der Waals surface area (Å²) < 4.78 is 14.7. The largest absolute Gasteiger partial charge is 0.481 e. The van der Waals surface area contributed by atoms with Crippen molar-refractivity contribution < 1.29 is 14.3 Å². The molecule has 1 atom stereocenters. The second-order valence-electron chi connectivity index (χ2n) is 6.34. The van der Waals surface area contributed by atoms with Gasteiger partial charge in [-0.05, 0) is 57.4 Å². The zero-order valence-corrected chi connectivity index (χ0v) is 14.0. The molecule has 0 aliphatic carbocycles. The molecular weight excluding hydrogens is 337 g/mol. The molecule has 1 fully saturated rings. The highest BCUT2D eigenvalue weighted by Gasteiger charge is 2.39. The molecule has 1 unspecified atom stereocenters. The van der Waals surface area contributed by atoms with Crippen LogP contribution in [0.15, 0.2) is 22.7 Å². The highest BCUT2D eigenvalue weighted by atomic mass is 79.9. The summed E-state index contributed by atoms with van der Waals surface area (Å²) in [5, 5.41) is 9.37. The van der Waals surface area contributed by atoms with E-state index in [-0.39, 0.29) is 11.7 Å². The Labute approximate surface area is 133 Å². The molecule has 0 bridgehead atoms. The highest BCUT2D eigenvalue weighted by Crippen LogP contribution is 2.34. The van der Waals surface area contributed by atoms with Crippen LogP contribution in [0.1, 0.15) is 32.3 Å². The molecule has 1 aromatic carbocycles. The van der Waals surface area contributed by atoms with Gasteiger partial charge >= 0.3 is 5.97 Å². The van der Waals surface area contributed by atoms with Gasteiger partial charge in [0, 0.05) is 23.1 Å². The predicted octanol–water partition coefficient (Wildman–Crippen LogP) is 3.91. The summed E-state index contributed by atoms with van der Waals surface area (Å²) in [6.45, 7) is 5.67. The van der Waals surface area contributed by atoms with Crippen molar-refractivity contribution in [2.75, 3.05) is 13.1 Å². The number of carboxylic acids is 1. The zero-order valence-electron chi connectivity index (χ0n) is 12.4. The first-order valence-electron chi connectivity index (χ1n) is 7.20. The van der Waals surface area contributed by atoms with Gasteiger partial charge < -0.3 is 5.11 Å². The normalized spacial score (nSPS) is 20.5. The summed E-state index contributed by atoms with van der Waals surface area (Å²) in [6, 6.07) is 4.94. The molecule has 0 radical (unpaired) electrons. The van der Waals surface area contributed by atoms with Gasteiger partial charge in [0.25, 0.3) is 0 Å². The number of nitrogens with zero attached hydrogens (tertiary/aromatic N) is 1. The van der Waals surface area contributed by atoms with Crippen LogP contribution >= 0.6 is 15.9 Å². The maximum atomic E-state index is 13.8. The van der Waals surface area contributed by atoms with Crippen LogP contribution in [0.25, 0.3) is 0 Å². The lowest BCUT2D eigenvalue weighted by atomic mass is 9.74. The molecule has 3 nitrogen and oxygen atoms in total. The maximum Gasteiger partial charge on any atom is 0.309 e. The number of likely N-dealkylation sites (tertiary alicyclic amines) is 1. The van der Waals surface area contributed by atoms with E-state index >= 15 is 0 Å². The number of piperidine rings is 1. The van der Waals surface area contributed by atoms with E-state index in [4.69, 9.17) is 0 Å². The first kappa shape index (κ1) is 16.4. The molecule has 0 aromatic heterocycles. The van der Waals surface area contributed by atoms with Crippen LogP contribution in [0.4, 0.5) is 4.39 Å². The number of halogens is 2. The Hall–Kier alpha value is -0.940. The number of carbonyl (C=O) groups is 1. The highest BCUT2D eigenvalue weighted by molar-refractivity contribution is 9.10. The van der Waals surface area contributed by atoms with E-state index < -0.39 is 11.4 Å². The van der Waals surface area contributed by atoms with Gasteiger partial charge in [-0.25, -0.2) is 4.39 Å². The van der Waals surface area contributed by atoms with Crippen LogP contribution in [-0.2, 0) is 11.3 Å². The average molecular weight is 358 g/mol. The van der Waals surface area contributed by atoms with Gasteiger partial charge in [0.1, 0.15) is 5.82 Å². The molecule has 5 heteroatoms. The van der Waals surface area contributed by atoms with Gasteiger partial charge in [0.2, 0.25) is 0 Å². The number of hydrogen-bond donors (Lipinski definition) is 1. The maximum absolute atomic E-state index is 13.8. The topological polar surface area (TPSA) is 40.5 Å². The molecule has 1 aromatic rings. The van der Waals surface area contributed by atoms with Crippen molar-refractivity contribution in [3.05, 3.63) is 34.1 Å². The number of carboxylic acid groups (broad SMARTS) is 1. The molecule has 116 valence electrons. The molecule has 0 spiro atoms. The Morgan fingerprint density at radius 3 is 2.90 bits per heavy atom. The van der Waals surface area contributed by atoms with Crippen LogP contribution in [0.5, 0.6) is 0 Å². The van der Waals surface area contributed by atoms with Gasteiger partial charge in [-0.15, -0.1) is 0 Å². The van der Waals surface area contributed by atoms with E-state index in [1.807, 2.05) is 0 Å². The summed E-state index contributed by atoms with van der Waals surface area (Å²) in [5.74, 6) is -0.875. The molecule has 1 aliphatic rings. The summed E-state index contributed by atoms with van der Waals surface area (Å²) in [7, 11) is 0. The quantitative estimate of drug-likeness (QED) is 0.887. The Morgan fingerprint density at radius 1 is 1.52 bits per heavy atom. The van der Waals surface area contributed by atoms with E-state index in [1.165, 1.54) is 6.07 Å². The molecule has 0 amide bonds. The van der Waals surface area contributed by atoms with E-state index in [0.29, 0.717) is 18.7 Å². The van der Waals surface area contributed by atoms with E-state index in [1.54, 1.807) is 26.0 Å². The third-order valence-corrected chi connectivity index (χ3v) is 4.97. The molecule has 0 saturated carbocycles. The Bertz CT molecular complexity index is 533. The second kappa shape index (κ2) is 6.44. The number of benzene rings is 1. The van der Waals surface area contributed by atoms with Crippen LogP contribution in [-0.4, -0.2) is 29.1 Å². The monoisotopic (exact) mass is 357 g/mol. The van der Waals surface area contributed by atoms with Crippen LogP contribution in [0, 0.1) is 17.2 Å². The fourth-order valence-corrected chi connectivity index (χ4v) is 3.28. The van der Waals surface area contributed by atoms with Gasteiger partial charge in [0.05, 0.1) is 5.41 Å². The molecular formula is C16H21BrFNO2. The van der Waals surface area contributed by atoms with Crippen molar-refractivity contribution in [3.8, 4) is 0 Å². The summed E-state index contributed by atoms with van der Waals surface area (Å²) in [5.41, 5.74) is -0.0905. The van der Waals surface area contributed by atoms with E-state index in [9.17, 15) is 14.3 Å². The van der Waals surface area contributed by atoms with Crippen LogP contribution in [0.3, 0.4) is 0 Å². The molecule has 2 rings (SSSR count). The fraction of sp³-hybridized carbons (Fsp3) is 0.562. The van der Waals surface area contributed by atoms with Crippen LogP contribution < -0.4 is 0 Å². The van der Waals surface area contributed by atoms with Crippen molar-refractivity contribution in [2.45, 2.75) is 33.2 Å². The number of rotatable bonds is 4. The van der Waals surface area contributed by atoms with E-state index in [2.05, 4.69) is 20.8 Å². The Morgan fingerprint density at radius 2 is 2.24 bits per heavy atom. The Balaban J connectivity index is 2.08. The SMILES string of the molecule is CC(C)(C(=O)O)C1CCCN(Cc2cc(Br)ccc2F)C1. The molecule has 21 heavy (non-hydrogen) atoms. The van der Waals surface area contributed by atoms with Crippen molar-refractivity contribution in [3.63, 3.8) is 0 Å². The number of hydrogen-bond acceptors (Lipinski definition) is 2. The molecule has 1 saturated heterocycles. The van der Waals surface area contributed by atoms with Crippen molar-refractivity contribution >= 4 is 21.9 Å². The number of aliphatic carboxylic acids is 1. The second-order valence-corrected chi connectivity index (χ2v) is 7.25. The van der Waals surface area contributed by atoms with Crippen molar-refractivity contribution in [1.29, 1.82) is 0 Å². The van der Waals surface area contributed by atoms with Crippen LogP contribution in [0.2, 0.25) is 0 Å². The van der Waals surface area contributed by atoms with Crippen molar-refractivity contribution in [1.82, 2.24) is 4.90 Å². The fourth-order valence-electron chi connectivity index (χ4n) is 2.87. The van der Waals surface area contributed by atoms with Gasteiger partial charge in [-0.3, -0.25) is 9.69 Å². The first-order valence-corrected chi connectivity index (χ1v) is 7.99. The lowest BCUT2D eigenvalue weighted by molar-refractivity contribution is -0.151. The average Bonchev–Trinajstić information content (AvgIpc) is 2.43. The zero-order chi connectivity index (χ0) is 15.6. The molecule has 1 heterocycles. The summed E-state index contributed by atoms with van der Waals surface area (Å²) in [4.78, 5) is 13.6. The summed E-state index contributed by atoms with van der Waals surface area (Å²) in [6.07, 6.45) is 1.87. The smallest absolute Gasteiger partial charge is 0.309 e. The van der Waals surface area contributed by atoms with Gasteiger partial charge in [-0.1, -0.05) is 15.9 Å². The standard InChI is InChI=1S/C16H21BrFNO2/c1-16(2,15(20)21)12-4-3-7-19(10-12)9-11-8-13(17)5-6-14(11)18/h5-6,8,12H,3-4,7,9-10H2,1-2H3,(H,20,21). The Kier molecular flexibility index (Phi) is 5.04. The van der Waals surface area contributed by atoms with E-state index in [0.717, 1.165) is 23.9 Å². The first-order chi connectivity index (χ1) is 9.80. The molecule has 1 aliphatic heterocycles. The van der Waals surface area contributed by atoms with Gasteiger partial charge in [0.15, 0.2) is 0 Å². The summed E-state index contributed by atoms with van der Waals surface area (Å²) >= 11 is 3.36. The molecule has 1 N–H and O–H groups in total. The lowest BCUT2D eigenvalue weighted by Gasteiger charge is -2.39. The van der Waals surface area contributed by atoms with Crippen molar-refractivity contribution in [2.24, 2.45) is 11.3 Å². The predicted molar refractivity (Wildman–Crippen MR) is 83.5 cm³/mol. The minimum Gasteiger partial charge on any atom is -0.481 e. The minimum atomic E-state index is -0.761. The third kappa shape index (κ3) is 3.83. The third-order valence-electron chi connectivity index (χ3n) is 4.48. The minimum absolute atomic E-state index is 0.0963. The van der Waals surface area contributed by atoms with Gasteiger partial charge in [-0.2, -0.15) is 0 Å². The lowest BCUT2D eigenvalue weighted by Crippen LogP contribution is -2.44.